The quantitative estimate of drug-likeness (QED) is 0.353. The predicted molar refractivity (Wildman–Crippen MR) is 102 cm³/mol. The second kappa shape index (κ2) is 6.79. The van der Waals surface area contributed by atoms with E-state index in [1.54, 1.807) is 12.1 Å². The molecule has 2 heterocycles. The third kappa shape index (κ3) is 3.01. The van der Waals surface area contributed by atoms with Gasteiger partial charge in [-0.05, 0) is 43.7 Å². The number of amides is 2. The van der Waals surface area contributed by atoms with Crippen LogP contribution in [0.25, 0.3) is 0 Å². The Balaban J connectivity index is 1.67. The number of rotatable bonds is 3. The fraction of sp³-hybridized carbons (Fsp3) is 0.500. The lowest BCUT2D eigenvalue weighted by atomic mass is 9.85. The van der Waals surface area contributed by atoms with Crippen LogP contribution < -0.4 is 9.80 Å². The van der Waals surface area contributed by atoms with Crippen molar-refractivity contribution in [1.82, 2.24) is 0 Å². The minimum atomic E-state index is -0.420. The summed E-state index contributed by atoms with van der Waals surface area (Å²) in [7, 11) is 0. The largest absolute Gasteiger partial charge is 0.366 e. The van der Waals surface area contributed by atoms with Crippen LogP contribution in [0.1, 0.15) is 32.6 Å². The Hall–Kier alpha value is -2.70. The average Bonchev–Trinajstić information content (AvgIpc) is 2.93. The van der Waals surface area contributed by atoms with E-state index in [0.29, 0.717) is 30.1 Å². The molecule has 7 heteroatoms. The maximum atomic E-state index is 12.7. The summed E-state index contributed by atoms with van der Waals surface area (Å²) in [6, 6.07) is 4.74. The van der Waals surface area contributed by atoms with Crippen molar-refractivity contribution in [2.75, 3.05) is 22.9 Å². The van der Waals surface area contributed by atoms with Gasteiger partial charge >= 0.3 is 0 Å². The number of allylic oxidation sites excluding steroid dienone is 2. The molecule has 2 fully saturated rings. The Bertz CT molecular complexity index is 801. The number of piperidine rings is 1. The molecule has 0 N–H and O–H groups in total. The van der Waals surface area contributed by atoms with Gasteiger partial charge in [0.05, 0.1) is 22.4 Å². The lowest BCUT2D eigenvalue weighted by Gasteiger charge is -2.32. The van der Waals surface area contributed by atoms with Crippen molar-refractivity contribution in [2.24, 2.45) is 17.8 Å². The molecule has 1 aromatic carbocycles. The highest BCUT2D eigenvalue weighted by molar-refractivity contribution is 6.22. The summed E-state index contributed by atoms with van der Waals surface area (Å²) in [6.07, 6.45) is 6.96. The lowest BCUT2D eigenvalue weighted by Crippen LogP contribution is -2.34. The minimum absolute atomic E-state index is 0.0457. The second-order valence-electron chi connectivity index (χ2n) is 7.77. The van der Waals surface area contributed by atoms with Crippen LogP contribution in [0, 0.1) is 27.9 Å². The Morgan fingerprint density at radius 2 is 1.63 bits per heavy atom. The van der Waals surface area contributed by atoms with Gasteiger partial charge in [-0.25, -0.2) is 4.90 Å². The number of imide groups is 1. The van der Waals surface area contributed by atoms with Crippen molar-refractivity contribution in [3.8, 4) is 0 Å². The first kappa shape index (κ1) is 17.7. The Kier molecular flexibility index (Phi) is 4.45. The van der Waals surface area contributed by atoms with Crippen molar-refractivity contribution < 1.29 is 14.5 Å². The molecule has 1 aliphatic carbocycles. The number of nitrogens with zero attached hydrogens (tertiary/aromatic N) is 3. The van der Waals surface area contributed by atoms with E-state index in [9.17, 15) is 19.7 Å². The van der Waals surface area contributed by atoms with Crippen molar-refractivity contribution in [3.63, 3.8) is 0 Å². The van der Waals surface area contributed by atoms with Crippen LogP contribution in [0.2, 0.25) is 0 Å². The maximum Gasteiger partial charge on any atom is 0.294 e. The number of fused-ring (bicyclic) bond motifs is 1. The SMILES string of the molecule is CC1CCN(c2ccc(N3C(=O)C4CC=CCC4C3=O)cc2[N+](=O)[O-])CC1. The summed E-state index contributed by atoms with van der Waals surface area (Å²) in [5, 5.41) is 11.7. The molecule has 0 bridgehead atoms. The van der Waals surface area contributed by atoms with Crippen molar-refractivity contribution in [2.45, 2.75) is 32.6 Å². The van der Waals surface area contributed by atoms with E-state index in [1.807, 2.05) is 17.1 Å². The molecule has 142 valence electrons. The molecule has 2 unspecified atom stereocenters. The smallest absolute Gasteiger partial charge is 0.294 e. The third-order valence-electron chi connectivity index (χ3n) is 6.05. The molecule has 0 spiro atoms. The average molecular weight is 369 g/mol. The second-order valence-corrected chi connectivity index (χ2v) is 7.77. The number of anilines is 2. The first-order valence-electron chi connectivity index (χ1n) is 9.53. The summed E-state index contributed by atoms with van der Waals surface area (Å²) in [5.41, 5.74) is 0.824. The highest BCUT2D eigenvalue weighted by Gasteiger charge is 2.48. The molecule has 0 saturated carbocycles. The van der Waals surface area contributed by atoms with Gasteiger partial charge in [0, 0.05) is 19.2 Å². The number of carbonyl (C=O) groups excluding carboxylic acids is 2. The third-order valence-corrected chi connectivity index (χ3v) is 6.05. The predicted octanol–water partition coefficient (Wildman–Crippen LogP) is 3.29. The summed E-state index contributed by atoms with van der Waals surface area (Å²) in [5.74, 6) is -0.558. The summed E-state index contributed by atoms with van der Waals surface area (Å²) in [6.45, 7) is 3.74. The lowest BCUT2D eigenvalue weighted by molar-refractivity contribution is -0.384. The molecule has 7 nitrogen and oxygen atoms in total. The van der Waals surface area contributed by atoms with Crippen LogP contribution in [-0.4, -0.2) is 29.8 Å². The van der Waals surface area contributed by atoms with Crippen molar-refractivity contribution in [1.29, 1.82) is 0 Å². The molecule has 4 rings (SSSR count). The number of carbonyl (C=O) groups is 2. The van der Waals surface area contributed by atoms with Crippen molar-refractivity contribution >= 4 is 28.9 Å². The van der Waals surface area contributed by atoms with Gasteiger partial charge in [0.1, 0.15) is 5.69 Å². The summed E-state index contributed by atoms with van der Waals surface area (Å²) in [4.78, 5) is 39.9. The van der Waals surface area contributed by atoms with Gasteiger partial charge in [-0.1, -0.05) is 19.1 Å². The fourth-order valence-electron chi connectivity index (χ4n) is 4.37. The molecule has 2 aliphatic heterocycles. The minimum Gasteiger partial charge on any atom is -0.366 e. The van der Waals surface area contributed by atoms with E-state index in [2.05, 4.69) is 6.92 Å². The first-order valence-corrected chi connectivity index (χ1v) is 9.53. The van der Waals surface area contributed by atoms with E-state index in [-0.39, 0.29) is 29.3 Å². The number of nitro groups is 1. The van der Waals surface area contributed by atoms with E-state index in [4.69, 9.17) is 0 Å². The first-order chi connectivity index (χ1) is 13.0. The standard InChI is InChI=1S/C20H23N3O4/c1-13-8-10-21(11-9-13)17-7-6-14(12-18(17)23(26)27)22-19(24)15-4-2-3-5-16(15)20(22)25/h2-3,6-7,12-13,15-16H,4-5,8-11H2,1H3. The number of hydrogen-bond acceptors (Lipinski definition) is 5. The van der Waals surface area contributed by atoms with E-state index >= 15 is 0 Å². The monoisotopic (exact) mass is 369 g/mol. The summed E-state index contributed by atoms with van der Waals surface area (Å²) >= 11 is 0. The van der Waals surface area contributed by atoms with Crippen molar-refractivity contribution in [3.05, 3.63) is 40.5 Å². The highest BCUT2D eigenvalue weighted by atomic mass is 16.6. The number of nitro benzene ring substituents is 1. The normalized spacial score (nSPS) is 25.8. The van der Waals surface area contributed by atoms with E-state index in [0.717, 1.165) is 30.8 Å². The number of hydrogen-bond donors (Lipinski definition) is 0. The Labute approximate surface area is 157 Å². The molecule has 3 aliphatic rings. The van der Waals surface area contributed by atoms with Gasteiger partial charge in [0.25, 0.3) is 5.69 Å². The van der Waals surface area contributed by atoms with Gasteiger partial charge in [-0.15, -0.1) is 0 Å². The fourth-order valence-corrected chi connectivity index (χ4v) is 4.37. The van der Waals surface area contributed by atoms with Crippen LogP contribution in [0.4, 0.5) is 17.1 Å². The molecule has 2 amide bonds. The van der Waals surface area contributed by atoms with Crippen LogP contribution in [0.15, 0.2) is 30.4 Å². The maximum absolute atomic E-state index is 12.7. The molecular formula is C20H23N3O4. The molecular weight excluding hydrogens is 346 g/mol. The zero-order chi connectivity index (χ0) is 19.1. The van der Waals surface area contributed by atoms with Gasteiger partial charge in [0.2, 0.25) is 11.8 Å². The molecule has 2 saturated heterocycles. The summed E-state index contributed by atoms with van der Waals surface area (Å²) < 4.78 is 0. The Morgan fingerprint density at radius 1 is 1.04 bits per heavy atom. The van der Waals surface area contributed by atoms with E-state index in [1.165, 1.54) is 6.07 Å². The topological polar surface area (TPSA) is 83.8 Å². The van der Waals surface area contributed by atoms with Gasteiger partial charge in [-0.3, -0.25) is 19.7 Å². The van der Waals surface area contributed by atoms with Gasteiger partial charge in [-0.2, -0.15) is 0 Å². The molecule has 0 aromatic heterocycles. The molecule has 0 radical (unpaired) electrons. The zero-order valence-corrected chi connectivity index (χ0v) is 15.3. The van der Waals surface area contributed by atoms with Crippen LogP contribution in [-0.2, 0) is 9.59 Å². The van der Waals surface area contributed by atoms with Gasteiger partial charge in [0.15, 0.2) is 0 Å². The zero-order valence-electron chi connectivity index (χ0n) is 15.3. The van der Waals surface area contributed by atoms with Gasteiger partial charge < -0.3 is 4.90 Å². The molecule has 27 heavy (non-hydrogen) atoms. The van der Waals surface area contributed by atoms with Crippen LogP contribution in [0.3, 0.4) is 0 Å². The van der Waals surface area contributed by atoms with E-state index < -0.39 is 4.92 Å². The van der Waals surface area contributed by atoms with Crippen LogP contribution >= 0.6 is 0 Å². The molecule has 2 atom stereocenters. The molecule has 1 aromatic rings. The van der Waals surface area contributed by atoms with Crippen LogP contribution in [0.5, 0.6) is 0 Å². The Morgan fingerprint density at radius 3 is 2.19 bits per heavy atom. The number of benzene rings is 1. The highest BCUT2D eigenvalue weighted by Crippen LogP contribution is 2.40.